The van der Waals surface area contributed by atoms with Crippen molar-refractivity contribution in [1.82, 2.24) is 0 Å². The van der Waals surface area contributed by atoms with Gasteiger partial charge in [0, 0.05) is 30.3 Å². The summed E-state index contributed by atoms with van der Waals surface area (Å²) in [7, 11) is 1.60. The molecule has 180 valence electrons. The molecule has 2 aliphatic heterocycles. The Balaban J connectivity index is 1.46. The predicted octanol–water partition coefficient (Wildman–Crippen LogP) is 4.98. The molecule has 7 nitrogen and oxygen atoms in total. The van der Waals surface area contributed by atoms with Gasteiger partial charge in [0.25, 0.3) is 0 Å². The van der Waals surface area contributed by atoms with Gasteiger partial charge in [-0.2, -0.15) is 0 Å². The van der Waals surface area contributed by atoms with Gasteiger partial charge in [0.1, 0.15) is 5.75 Å². The number of anilines is 2. The molecule has 5 rings (SSSR count). The maximum Gasteiger partial charge on any atom is 0.229 e. The van der Waals surface area contributed by atoms with Gasteiger partial charge in [0.2, 0.25) is 11.8 Å². The third-order valence-electron chi connectivity index (χ3n) is 6.44. The molecule has 0 aromatic heterocycles. The number of methoxy groups -OCH3 is 1. The Bertz CT molecular complexity index is 1200. The van der Waals surface area contributed by atoms with Crippen LogP contribution in [-0.4, -0.2) is 32.1 Å². The lowest BCUT2D eigenvalue weighted by molar-refractivity contribution is -0.125. The standard InChI is InChI=1S/C28H28N2O5/c1-33-22-11-9-21(10-12-22)30-26(31)15-13-23(27(30)19-6-3-2-4-7-19)28(32)29-20-8-14-24-25(18-20)35-17-5-16-34-24/h2-4,6-12,14,18,23,27H,5,13,15-17H2,1H3,(H,29,32)/t23-,27-/m1/s1. The second-order valence-electron chi connectivity index (χ2n) is 8.66. The largest absolute Gasteiger partial charge is 0.497 e. The molecule has 35 heavy (non-hydrogen) atoms. The topological polar surface area (TPSA) is 77.1 Å². The molecular formula is C28H28N2O5. The summed E-state index contributed by atoms with van der Waals surface area (Å²) in [4.78, 5) is 28.6. The lowest BCUT2D eigenvalue weighted by Gasteiger charge is -2.41. The minimum Gasteiger partial charge on any atom is -0.497 e. The van der Waals surface area contributed by atoms with E-state index >= 15 is 0 Å². The lowest BCUT2D eigenvalue weighted by Crippen LogP contribution is -2.46. The van der Waals surface area contributed by atoms with Crippen LogP contribution in [0.4, 0.5) is 11.4 Å². The van der Waals surface area contributed by atoms with Crippen molar-refractivity contribution in [2.24, 2.45) is 5.92 Å². The van der Waals surface area contributed by atoms with E-state index in [0.717, 1.165) is 17.7 Å². The number of amides is 2. The van der Waals surface area contributed by atoms with Crippen molar-refractivity contribution in [3.63, 3.8) is 0 Å². The molecule has 0 saturated carbocycles. The average Bonchev–Trinajstić information content (AvgIpc) is 3.14. The number of nitrogens with zero attached hydrogens (tertiary/aromatic N) is 1. The van der Waals surface area contributed by atoms with E-state index in [2.05, 4.69) is 5.32 Å². The fourth-order valence-corrected chi connectivity index (χ4v) is 4.72. The van der Waals surface area contributed by atoms with Crippen LogP contribution >= 0.6 is 0 Å². The molecule has 0 spiro atoms. The number of benzene rings is 3. The predicted molar refractivity (Wildman–Crippen MR) is 133 cm³/mol. The molecule has 1 N–H and O–H groups in total. The Hall–Kier alpha value is -4.00. The van der Waals surface area contributed by atoms with Crippen LogP contribution in [0.3, 0.4) is 0 Å². The van der Waals surface area contributed by atoms with Gasteiger partial charge in [-0.05, 0) is 48.4 Å². The zero-order chi connectivity index (χ0) is 24.2. The monoisotopic (exact) mass is 472 g/mol. The molecule has 1 saturated heterocycles. The molecule has 0 aliphatic carbocycles. The summed E-state index contributed by atoms with van der Waals surface area (Å²) in [6.07, 6.45) is 1.56. The van der Waals surface area contributed by atoms with Crippen LogP contribution in [0.15, 0.2) is 72.8 Å². The van der Waals surface area contributed by atoms with E-state index in [4.69, 9.17) is 14.2 Å². The van der Waals surface area contributed by atoms with Crippen LogP contribution in [0.25, 0.3) is 0 Å². The van der Waals surface area contributed by atoms with Gasteiger partial charge in [-0.3, -0.25) is 9.59 Å². The Labute approximate surface area is 204 Å². The number of hydrogen-bond donors (Lipinski definition) is 1. The van der Waals surface area contributed by atoms with Crippen LogP contribution in [0, 0.1) is 5.92 Å². The molecule has 2 atom stereocenters. The first-order chi connectivity index (χ1) is 17.1. The van der Waals surface area contributed by atoms with Gasteiger partial charge in [0.05, 0.1) is 32.3 Å². The van der Waals surface area contributed by atoms with E-state index in [1.54, 1.807) is 18.1 Å². The average molecular weight is 473 g/mol. The maximum absolute atomic E-state index is 13.6. The summed E-state index contributed by atoms with van der Waals surface area (Å²) in [5.74, 6) is 1.42. The van der Waals surface area contributed by atoms with E-state index in [9.17, 15) is 9.59 Å². The Morgan fingerprint density at radius 2 is 1.71 bits per heavy atom. The van der Waals surface area contributed by atoms with E-state index in [-0.39, 0.29) is 18.2 Å². The Morgan fingerprint density at radius 3 is 2.46 bits per heavy atom. The second-order valence-corrected chi connectivity index (χ2v) is 8.66. The Kier molecular flexibility index (Phi) is 6.57. The van der Waals surface area contributed by atoms with Crippen molar-refractivity contribution in [1.29, 1.82) is 0 Å². The van der Waals surface area contributed by atoms with Crippen molar-refractivity contribution in [2.75, 3.05) is 30.5 Å². The highest BCUT2D eigenvalue weighted by Gasteiger charge is 2.41. The summed E-state index contributed by atoms with van der Waals surface area (Å²) in [6.45, 7) is 1.18. The van der Waals surface area contributed by atoms with Gasteiger partial charge in [-0.25, -0.2) is 0 Å². The van der Waals surface area contributed by atoms with Crippen molar-refractivity contribution in [3.8, 4) is 17.2 Å². The van der Waals surface area contributed by atoms with Crippen LogP contribution < -0.4 is 24.4 Å². The summed E-state index contributed by atoms with van der Waals surface area (Å²) in [6, 6.07) is 22.1. The van der Waals surface area contributed by atoms with Gasteiger partial charge in [-0.1, -0.05) is 30.3 Å². The minimum atomic E-state index is -0.439. The highest BCUT2D eigenvalue weighted by Crippen LogP contribution is 2.41. The molecule has 2 amide bonds. The number of carbonyl (C=O) groups is 2. The molecule has 0 unspecified atom stereocenters. The fraction of sp³-hybridized carbons (Fsp3) is 0.286. The normalized spacial score (nSPS) is 19.6. The molecule has 0 radical (unpaired) electrons. The van der Waals surface area contributed by atoms with Crippen molar-refractivity contribution >= 4 is 23.2 Å². The molecule has 3 aromatic carbocycles. The van der Waals surface area contributed by atoms with Crippen molar-refractivity contribution < 1.29 is 23.8 Å². The zero-order valence-corrected chi connectivity index (χ0v) is 19.6. The maximum atomic E-state index is 13.6. The molecule has 2 heterocycles. The van der Waals surface area contributed by atoms with Crippen molar-refractivity contribution in [2.45, 2.75) is 25.3 Å². The highest BCUT2D eigenvalue weighted by atomic mass is 16.5. The lowest BCUT2D eigenvalue weighted by atomic mass is 9.83. The van der Waals surface area contributed by atoms with Crippen LogP contribution in [-0.2, 0) is 9.59 Å². The van der Waals surface area contributed by atoms with Gasteiger partial charge in [0.15, 0.2) is 11.5 Å². The summed E-state index contributed by atoms with van der Waals surface area (Å²) >= 11 is 0. The number of fused-ring (bicyclic) bond motifs is 1. The quantitative estimate of drug-likeness (QED) is 0.567. The summed E-state index contributed by atoms with van der Waals surface area (Å²) < 4.78 is 16.8. The SMILES string of the molecule is COc1ccc(N2C(=O)CC[C@@H](C(=O)Nc3ccc4c(c3)OCCCO4)[C@H]2c2ccccc2)cc1. The fourth-order valence-electron chi connectivity index (χ4n) is 4.72. The van der Waals surface area contributed by atoms with Gasteiger partial charge < -0.3 is 24.4 Å². The first-order valence-corrected chi connectivity index (χ1v) is 11.9. The van der Waals surface area contributed by atoms with E-state index in [0.29, 0.717) is 42.6 Å². The minimum absolute atomic E-state index is 0.0105. The van der Waals surface area contributed by atoms with Gasteiger partial charge >= 0.3 is 0 Å². The Morgan fingerprint density at radius 1 is 0.971 bits per heavy atom. The smallest absolute Gasteiger partial charge is 0.229 e. The summed E-state index contributed by atoms with van der Waals surface area (Å²) in [5.41, 5.74) is 2.28. The first-order valence-electron chi connectivity index (χ1n) is 11.9. The zero-order valence-electron chi connectivity index (χ0n) is 19.6. The van der Waals surface area contributed by atoms with E-state index < -0.39 is 12.0 Å². The third-order valence-corrected chi connectivity index (χ3v) is 6.44. The number of hydrogen-bond acceptors (Lipinski definition) is 5. The number of ether oxygens (including phenoxy) is 3. The third kappa shape index (κ3) is 4.80. The van der Waals surface area contributed by atoms with Crippen LogP contribution in [0.5, 0.6) is 17.2 Å². The second kappa shape index (κ2) is 10.1. The van der Waals surface area contributed by atoms with Crippen LogP contribution in [0.2, 0.25) is 0 Å². The molecule has 7 heteroatoms. The molecule has 2 aliphatic rings. The molecule has 3 aromatic rings. The van der Waals surface area contributed by atoms with E-state index in [1.807, 2.05) is 66.7 Å². The number of piperidine rings is 1. The number of rotatable bonds is 5. The van der Waals surface area contributed by atoms with Crippen molar-refractivity contribution in [3.05, 3.63) is 78.4 Å². The van der Waals surface area contributed by atoms with Crippen LogP contribution in [0.1, 0.15) is 30.9 Å². The summed E-state index contributed by atoms with van der Waals surface area (Å²) in [5, 5.41) is 3.05. The number of carbonyl (C=O) groups excluding carboxylic acids is 2. The first kappa shape index (κ1) is 22.8. The molecular weight excluding hydrogens is 444 g/mol. The highest BCUT2D eigenvalue weighted by molar-refractivity contribution is 6.00. The number of nitrogens with one attached hydrogen (secondary N) is 1. The molecule has 0 bridgehead atoms. The van der Waals surface area contributed by atoms with Gasteiger partial charge in [-0.15, -0.1) is 0 Å². The molecule has 1 fully saturated rings. The van der Waals surface area contributed by atoms with E-state index in [1.165, 1.54) is 0 Å².